The first-order chi connectivity index (χ1) is 37.3. The van der Waals surface area contributed by atoms with Crippen LogP contribution in [0.3, 0.4) is 0 Å². The van der Waals surface area contributed by atoms with E-state index < -0.39 is 17.2 Å². The quantitative estimate of drug-likeness (QED) is 0.167. The van der Waals surface area contributed by atoms with E-state index in [4.69, 9.17) is 8.83 Å². The molecule has 0 aliphatic rings. The summed E-state index contributed by atoms with van der Waals surface area (Å²) in [5, 5.41) is 10.1. The number of hydrogen-bond donors (Lipinski definition) is 0. The van der Waals surface area contributed by atoms with Gasteiger partial charge in [0.05, 0.1) is 49.8 Å². The Morgan fingerprint density at radius 3 is 1.16 bits per heavy atom. The summed E-state index contributed by atoms with van der Waals surface area (Å²) >= 11 is 0. The van der Waals surface area contributed by atoms with E-state index in [-0.39, 0.29) is 0 Å². The molecule has 0 saturated heterocycles. The molecule has 0 saturated carbocycles. The lowest BCUT2D eigenvalue weighted by molar-refractivity contribution is 0.466. The van der Waals surface area contributed by atoms with Crippen molar-refractivity contribution in [1.29, 1.82) is 0 Å². The monoisotopic (exact) mass is 983 g/mol. The fourth-order valence-electron chi connectivity index (χ4n) is 13.1. The second kappa shape index (κ2) is 15.7. The van der Waals surface area contributed by atoms with E-state index in [2.05, 4.69) is 167 Å². The summed E-state index contributed by atoms with van der Waals surface area (Å²) < 4.78 is 56.2. The van der Waals surface area contributed by atoms with Crippen LogP contribution in [0.25, 0.3) is 143 Å². The van der Waals surface area contributed by atoms with Gasteiger partial charge in [-0.2, -0.15) is 0 Å². The second-order valence-corrected chi connectivity index (χ2v) is 20.5. The molecule has 11 aromatic carbocycles. The Morgan fingerprint density at radius 2 is 0.711 bits per heavy atom. The summed E-state index contributed by atoms with van der Waals surface area (Å²) in [5.41, 5.74) is 11.8. The number of aromatic nitrogens is 3. The van der Waals surface area contributed by atoms with Crippen LogP contribution in [0.2, 0.25) is 0 Å². The van der Waals surface area contributed by atoms with Gasteiger partial charge in [0.25, 0.3) is 0 Å². The van der Waals surface area contributed by atoms with Crippen LogP contribution in [0.15, 0.2) is 233 Å². The first-order valence-corrected chi connectivity index (χ1v) is 25.7. The molecule has 0 aliphatic heterocycles. The number of rotatable bonds is 6. The lowest BCUT2D eigenvalue weighted by atomic mass is 9.78. The Hall–Kier alpha value is -9.72. The Kier molecular flexibility index (Phi) is 8.80. The smallest absolute Gasteiger partial charge is 0.145 e. The van der Waals surface area contributed by atoms with Crippen molar-refractivity contribution in [3.05, 3.63) is 242 Å². The largest absolute Gasteiger partial charge is 0.455 e. The molecule has 0 aliphatic carbocycles. The van der Waals surface area contributed by atoms with Crippen LogP contribution in [0, 0.1) is 11.6 Å². The summed E-state index contributed by atoms with van der Waals surface area (Å²) in [4.78, 5) is 0. The molecule has 7 heteroatoms. The summed E-state index contributed by atoms with van der Waals surface area (Å²) in [6.07, 6.45) is 0. The maximum absolute atomic E-state index is 17.8. The zero-order valence-corrected chi connectivity index (χ0v) is 41.3. The summed E-state index contributed by atoms with van der Waals surface area (Å²) in [6.45, 7) is 4.41. The highest BCUT2D eigenvalue weighted by atomic mass is 19.1. The Bertz CT molecular complexity index is 4830. The molecule has 5 heterocycles. The van der Waals surface area contributed by atoms with Crippen molar-refractivity contribution in [2.75, 3.05) is 0 Å². The van der Waals surface area contributed by atoms with Gasteiger partial charge in [0.1, 0.15) is 34.0 Å². The van der Waals surface area contributed by atoms with Crippen molar-refractivity contribution in [1.82, 2.24) is 13.7 Å². The highest BCUT2D eigenvalue weighted by Gasteiger charge is 2.38. The normalized spacial score (nSPS) is 12.5. The standard InChI is InChI=1S/C69H43F2N3O2/c1-69(2,74-54-31-15-5-19-40(54)41-20-6-16-32-55(41)74)66-62(46-23-3-11-27-50(46)70)58(72-52-29-13-7-25-48(52)64-56(72)37-35-44-42-21-9-17-33-60(42)75-67(44)64)39-59(63(66)47-24-4-12-28-51(47)71)73-53-30-14-8-26-49(53)65-57(73)38-36-45-43-22-10-18-34-61(43)76-68(45)65/h3-39H,1-2H3. The lowest BCUT2D eigenvalue weighted by Crippen LogP contribution is -2.30. The van der Waals surface area contributed by atoms with Gasteiger partial charge >= 0.3 is 0 Å². The third-order valence-electron chi connectivity index (χ3n) is 16.2. The van der Waals surface area contributed by atoms with Gasteiger partial charge in [-0.3, -0.25) is 0 Å². The van der Waals surface area contributed by atoms with Gasteiger partial charge in [0.2, 0.25) is 0 Å². The molecular weight excluding hydrogens is 941 g/mol. The van der Waals surface area contributed by atoms with E-state index in [1.807, 2.05) is 60.7 Å². The number of furan rings is 2. The van der Waals surface area contributed by atoms with Gasteiger partial charge < -0.3 is 22.5 Å². The molecule has 16 rings (SSSR count). The molecule has 0 bridgehead atoms. The molecule has 0 unspecified atom stereocenters. The van der Waals surface area contributed by atoms with Gasteiger partial charge in [-0.1, -0.05) is 146 Å². The zero-order chi connectivity index (χ0) is 50.6. The van der Waals surface area contributed by atoms with E-state index in [0.29, 0.717) is 33.6 Å². The first kappa shape index (κ1) is 42.8. The number of fused-ring (bicyclic) bond motifs is 17. The molecule has 0 fully saturated rings. The molecule has 0 radical (unpaired) electrons. The topological polar surface area (TPSA) is 41.1 Å². The summed E-state index contributed by atoms with van der Waals surface area (Å²) in [7, 11) is 0. The predicted octanol–water partition coefficient (Wildman–Crippen LogP) is 19.2. The van der Waals surface area contributed by atoms with Crippen LogP contribution in [-0.2, 0) is 5.54 Å². The number of nitrogens with zero attached hydrogens (tertiary/aromatic N) is 3. The second-order valence-electron chi connectivity index (χ2n) is 20.5. The fraction of sp³-hybridized carbons (Fsp3) is 0.0435. The van der Waals surface area contributed by atoms with Crippen molar-refractivity contribution < 1.29 is 17.6 Å². The third-order valence-corrected chi connectivity index (χ3v) is 16.2. The average Bonchev–Trinajstić information content (AvgIpc) is 4.45. The summed E-state index contributed by atoms with van der Waals surface area (Å²) in [6, 6.07) is 74.9. The van der Waals surface area contributed by atoms with Crippen molar-refractivity contribution in [3.63, 3.8) is 0 Å². The van der Waals surface area contributed by atoms with Crippen molar-refractivity contribution in [2.24, 2.45) is 0 Å². The lowest BCUT2D eigenvalue weighted by Gasteiger charge is -2.37. The minimum atomic E-state index is -1.06. The average molecular weight is 984 g/mol. The number of halogens is 2. The van der Waals surface area contributed by atoms with E-state index >= 15 is 8.78 Å². The number of hydrogen-bond acceptors (Lipinski definition) is 2. The highest BCUT2D eigenvalue weighted by molar-refractivity contribution is 6.26. The van der Waals surface area contributed by atoms with Gasteiger partial charge in [0, 0.05) is 76.4 Å². The molecule has 5 nitrogen and oxygen atoms in total. The van der Waals surface area contributed by atoms with E-state index in [0.717, 1.165) is 115 Å². The molecular formula is C69H43F2N3O2. The van der Waals surface area contributed by atoms with Crippen molar-refractivity contribution in [2.45, 2.75) is 19.4 Å². The molecule has 360 valence electrons. The van der Waals surface area contributed by atoms with Crippen molar-refractivity contribution >= 4 is 109 Å². The van der Waals surface area contributed by atoms with E-state index in [9.17, 15) is 0 Å². The minimum Gasteiger partial charge on any atom is -0.455 e. The van der Waals surface area contributed by atoms with Crippen LogP contribution >= 0.6 is 0 Å². The predicted molar refractivity (Wildman–Crippen MR) is 308 cm³/mol. The molecule has 0 atom stereocenters. The van der Waals surface area contributed by atoms with Gasteiger partial charge in [0.15, 0.2) is 0 Å². The number of para-hydroxylation sites is 6. The zero-order valence-electron chi connectivity index (χ0n) is 41.3. The summed E-state index contributed by atoms with van der Waals surface area (Å²) in [5.74, 6) is -0.806. The first-order valence-electron chi connectivity index (χ1n) is 25.7. The van der Waals surface area contributed by atoms with E-state index in [1.54, 1.807) is 12.1 Å². The molecule has 76 heavy (non-hydrogen) atoms. The highest BCUT2D eigenvalue weighted by Crippen LogP contribution is 2.54. The van der Waals surface area contributed by atoms with E-state index in [1.165, 1.54) is 12.1 Å². The maximum Gasteiger partial charge on any atom is 0.145 e. The Labute approximate surface area is 433 Å². The Morgan fingerprint density at radius 1 is 0.342 bits per heavy atom. The van der Waals surface area contributed by atoms with Gasteiger partial charge in [-0.25, -0.2) is 8.78 Å². The molecule has 0 amide bonds. The minimum absolute atomic E-state index is 0.382. The van der Waals surface area contributed by atoms with Crippen LogP contribution in [-0.4, -0.2) is 13.7 Å². The molecule has 5 aromatic heterocycles. The molecule has 16 aromatic rings. The van der Waals surface area contributed by atoms with Gasteiger partial charge in [-0.15, -0.1) is 0 Å². The SMILES string of the molecule is CC(C)(c1c(-c2ccccc2F)c(-n2c3ccccc3c3c4oc5ccccc5c4ccc32)cc(-n2c3ccccc3c3c4oc5ccccc5c4ccc32)c1-c1ccccc1F)n1c2ccccc2c2ccccc21. The Balaban J connectivity index is 1.18. The van der Waals surface area contributed by atoms with Crippen LogP contribution in [0.5, 0.6) is 0 Å². The number of benzene rings is 11. The fourth-order valence-corrected chi connectivity index (χ4v) is 13.1. The van der Waals surface area contributed by atoms with Crippen LogP contribution in [0.1, 0.15) is 19.4 Å². The third kappa shape index (κ3) is 5.71. The molecule has 0 spiro atoms. The van der Waals surface area contributed by atoms with Crippen molar-refractivity contribution in [3.8, 4) is 33.6 Å². The van der Waals surface area contributed by atoms with Gasteiger partial charge in [-0.05, 0) is 98.3 Å². The van der Waals surface area contributed by atoms with Crippen LogP contribution < -0.4 is 0 Å². The van der Waals surface area contributed by atoms with Crippen LogP contribution in [0.4, 0.5) is 8.78 Å². The maximum atomic E-state index is 17.8. The molecule has 0 N–H and O–H groups in total.